The van der Waals surface area contributed by atoms with Crippen LogP contribution in [-0.4, -0.2) is 7.05 Å². The Balaban J connectivity index is 2.16. The van der Waals surface area contributed by atoms with E-state index in [1.54, 1.807) is 0 Å². The van der Waals surface area contributed by atoms with Crippen LogP contribution in [0.2, 0.25) is 0 Å². The quantitative estimate of drug-likeness (QED) is 0.795. The Labute approximate surface area is 104 Å². The molecule has 0 saturated carbocycles. The molecule has 0 aliphatic heterocycles. The summed E-state index contributed by atoms with van der Waals surface area (Å²) in [4.78, 5) is 0. The highest BCUT2D eigenvalue weighted by molar-refractivity contribution is 5.23. The summed E-state index contributed by atoms with van der Waals surface area (Å²) in [6.45, 7) is 2.13. The lowest BCUT2D eigenvalue weighted by atomic mass is 10.0. The van der Waals surface area contributed by atoms with Gasteiger partial charge in [-0.1, -0.05) is 19.4 Å². The van der Waals surface area contributed by atoms with Gasteiger partial charge in [0.15, 0.2) is 0 Å². The van der Waals surface area contributed by atoms with Crippen molar-refractivity contribution >= 4 is 0 Å². The average molecular weight is 233 g/mol. The molecule has 0 saturated heterocycles. The zero-order valence-electron chi connectivity index (χ0n) is 11.0. The fourth-order valence-electron chi connectivity index (χ4n) is 2.55. The topological polar surface area (TPSA) is 25.2 Å². The molecule has 2 heteroatoms. The van der Waals surface area contributed by atoms with Crippen molar-refractivity contribution in [1.82, 2.24) is 5.32 Å². The van der Waals surface area contributed by atoms with Crippen molar-refractivity contribution in [2.24, 2.45) is 0 Å². The minimum absolute atomic E-state index is 0.272. The standard InChI is InChI=1S/C15H23NO/c1-3-13-10-11-14(17-13)15(16-2)12-8-6-4-5-7-9-12/h8,10-11,15-16H,3-7,9H2,1-2H3. The van der Waals surface area contributed by atoms with E-state index in [9.17, 15) is 0 Å². The smallest absolute Gasteiger partial charge is 0.125 e. The molecule has 0 radical (unpaired) electrons. The Morgan fingerprint density at radius 1 is 1.29 bits per heavy atom. The number of hydrogen-bond donors (Lipinski definition) is 1. The summed E-state index contributed by atoms with van der Waals surface area (Å²) in [7, 11) is 2.02. The van der Waals surface area contributed by atoms with Crippen molar-refractivity contribution in [3.8, 4) is 0 Å². The molecule has 1 unspecified atom stereocenters. The summed E-state index contributed by atoms with van der Waals surface area (Å²) < 4.78 is 5.88. The molecular formula is C15H23NO. The molecule has 1 atom stereocenters. The Morgan fingerprint density at radius 2 is 2.18 bits per heavy atom. The van der Waals surface area contributed by atoms with Gasteiger partial charge in [0.2, 0.25) is 0 Å². The first kappa shape index (κ1) is 12.4. The number of allylic oxidation sites excluding steroid dienone is 1. The Hall–Kier alpha value is -1.02. The van der Waals surface area contributed by atoms with Gasteiger partial charge in [0.05, 0.1) is 6.04 Å². The van der Waals surface area contributed by atoms with Crippen LogP contribution in [0.3, 0.4) is 0 Å². The molecule has 1 aliphatic carbocycles. The van der Waals surface area contributed by atoms with Crippen molar-refractivity contribution in [3.63, 3.8) is 0 Å². The van der Waals surface area contributed by atoms with Crippen LogP contribution in [0.1, 0.15) is 56.6 Å². The van der Waals surface area contributed by atoms with Gasteiger partial charge in [0.1, 0.15) is 11.5 Å². The predicted octanol–water partition coefficient (Wildman–Crippen LogP) is 3.99. The van der Waals surface area contributed by atoms with Crippen molar-refractivity contribution < 1.29 is 4.42 Å². The van der Waals surface area contributed by atoms with Gasteiger partial charge in [0, 0.05) is 6.42 Å². The second kappa shape index (κ2) is 6.06. The van der Waals surface area contributed by atoms with E-state index in [1.807, 2.05) is 7.05 Å². The average Bonchev–Trinajstić information content (AvgIpc) is 2.66. The summed E-state index contributed by atoms with van der Waals surface area (Å²) in [5.74, 6) is 2.15. The summed E-state index contributed by atoms with van der Waals surface area (Å²) in [5.41, 5.74) is 1.50. The van der Waals surface area contributed by atoms with Gasteiger partial charge >= 0.3 is 0 Å². The van der Waals surface area contributed by atoms with Crippen LogP contribution in [0.4, 0.5) is 0 Å². The van der Waals surface area contributed by atoms with Crippen molar-refractivity contribution in [3.05, 3.63) is 35.3 Å². The number of hydrogen-bond acceptors (Lipinski definition) is 2. The largest absolute Gasteiger partial charge is 0.464 e. The van der Waals surface area contributed by atoms with Gasteiger partial charge in [-0.05, 0) is 50.4 Å². The fourth-order valence-corrected chi connectivity index (χ4v) is 2.55. The van der Waals surface area contributed by atoms with Crippen LogP contribution in [0.25, 0.3) is 0 Å². The lowest BCUT2D eigenvalue weighted by molar-refractivity contribution is 0.426. The lowest BCUT2D eigenvalue weighted by Gasteiger charge is -2.17. The van der Waals surface area contributed by atoms with Crippen LogP contribution in [0, 0.1) is 0 Å². The number of nitrogens with one attached hydrogen (secondary N) is 1. The van der Waals surface area contributed by atoms with E-state index < -0.39 is 0 Å². The number of aryl methyl sites for hydroxylation is 1. The first-order chi connectivity index (χ1) is 8.35. The molecular weight excluding hydrogens is 210 g/mol. The van der Waals surface area contributed by atoms with Gasteiger partial charge in [-0.2, -0.15) is 0 Å². The monoisotopic (exact) mass is 233 g/mol. The normalized spacial score (nSPS) is 18.6. The van der Waals surface area contributed by atoms with Gasteiger partial charge in [-0.15, -0.1) is 0 Å². The zero-order valence-corrected chi connectivity index (χ0v) is 11.0. The molecule has 2 rings (SSSR count). The molecule has 0 bridgehead atoms. The number of likely N-dealkylation sites (N-methyl/N-ethyl adjacent to an activating group) is 1. The minimum Gasteiger partial charge on any atom is -0.464 e. The van der Waals surface area contributed by atoms with Gasteiger partial charge in [-0.3, -0.25) is 0 Å². The molecule has 0 amide bonds. The van der Waals surface area contributed by atoms with E-state index in [0.29, 0.717) is 0 Å². The molecule has 1 aliphatic rings. The second-order valence-corrected chi connectivity index (χ2v) is 4.76. The molecule has 17 heavy (non-hydrogen) atoms. The van der Waals surface area contributed by atoms with E-state index in [-0.39, 0.29) is 6.04 Å². The van der Waals surface area contributed by atoms with Crippen LogP contribution >= 0.6 is 0 Å². The molecule has 2 nitrogen and oxygen atoms in total. The number of rotatable bonds is 4. The third-order valence-electron chi connectivity index (χ3n) is 3.55. The molecule has 94 valence electrons. The maximum Gasteiger partial charge on any atom is 0.125 e. The van der Waals surface area contributed by atoms with Gasteiger partial charge in [0.25, 0.3) is 0 Å². The predicted molar refractivity (Wildman–Crippen MR) is 71.1 cm³/mol. The molecule has 1 aromatic rings. The Bertz CT molecular complexity index is 378. The lowest BCUT2D eigenvalue weighted by Crippen LogP contribution is -2.18. The molecule has 0 aromatic carbocycles. The third kappa shape index (κ3) is 3.01. The van der Waals surface area contributed by atoms with Gasteiger partial charge in [-0.25, -0.2) is 0 Å². The van der Waals surface area contributed by atoms with E-state index in [2.05, 4.69) is 30.4 Å². The first-order valence-corrected chi connectivity index (χ1v) is 6.80. The summed E-state index contributed by atoms with van der Waals surface area (Å²) in [6.07, 6.45) is 9.79. The van der Waals surface area contributed by atoms with Crippen molar-refractivity contribution in [2.45, 2.75) is 51.5 Å². The molecule has 1 heterocycles. The van der Waals surface area contributed by atoms with Crippen LogP contribution in [-0.2, 0) is 6.42 Å². The second-order valence-electron chi connectivity index (χ2n) is 4.76. The number of furan rings is 1. The SMILES string of the molecule is CCc1ccc(C(NC)C2=CCCCCC2)o1. The third-order valence-corrected chi connectivity index (χ3v) is 3.55. The highest BCUT2D eigenvalue weighted by atomic mass is 16.3. The van der Waals surface area contributed by atoms with Crippen molar-refractivity contribution in [2.75, 3.05) is 7.05 Å². The van der Waals surface area contributed by atoms with Crippen LogP contribution < -0.4 is 5.32 Å². The minimum atomic E-state index is 0.272. The Kier molecular flexibility index (Phi) is 4.43. The maximum absolute atomic E-state index is 5.88. The molecule has 0 fully saturated rings. The van der Waals surface area contributed by atoms with E-state index >= 15 is 0 Å². The van der Waals surface area contributed by atoms with Crippen LogP contribution in [0.15, 0.2) is 28.2 Å². The fraction of sp³-hybridized carbons (Fsp3) is 0.600. The molecule has 1 N–H and O–H groups in total. The highest BCUT2D eigenvalue weighted by Crippen LogP contribution is 2.30. The summed E-state index contributed by atoms with van der Waals surface area (Å²) in [5, 5.41) is 3.39. The first-order valence-electron chi connectivity index (χ1n) is 6.80. The van der Waals surface area contributed by atoms with Crippen molar-refractivity contribution in [1.29, 1.82) is 0 Å². The Morgan fingerprint density at radius 3 is 2.88 bits per heavy atom. The van der Waals surface area contributed by atoms with Gasteiger partial charge < -0.3 is 9.73 Å². The van der Waals surface area contributed by atoms with E-state index in [4.69, 9.17) is 4.42 Å². The van der Waals surface area contributed by atoms with E-state index in [1.165, 1.54) is 37.7 Å². The molecule has 0 spiro atoms. The van der Waals surface area contributed by atoms with Crippen LogP contribution in [0.5, 0.6) is 0 Å². The van der Waals surface area contributed by atoms with E-state index in [0.717, 1.165) is 17.9 Å². The summed E-state index contributed by atoms with van der Waals surface area (Å²) in [6, 6.07) is 4.48. The zero-order chi connectivity index (χ0) is 12.1. The summed E-state index contributed by atoms with van der Waals surface area (Å²) >= 11 is 0. The maximum atomic E-state index is 5.88. The highest BCUT2D eigenvalue weighted by Gasteiger charge is 2.18. The molecule has 1 aromatic heterocycles.